The molecule has 2 aromatic rings. The maximum atomic E-state index is 12.9. The molecule has 0 aromatic heterocycles. The first-order valence-corrected chi connectivity index (χ1v) is 11.4. The molecule has 0 bridgehead atoms. The van der Waals surface area contributed by atoms with Crippen molar-refractivity contribution < 1.29 is 19.0 Å². The van der Waals surface area contributed by atoms with Crippen LogP contribution in [-0.2, 0) is 16.1 Å². The van der Waals surface area contributed by atoms with Gasteiger partial charge in [-0.05, 0) is 67.9 Å². The Morgan fingerprint density at radius 2 is 1.84 bits per heavy atom. The molecule has 5 heteroatoms. The van der Waals surface area contributed by atoms with Crippen LogP contribution in [0.25, 0.3) is 0 Å². The summed E-state index contributed by atoms with van der Waals surface area (Å²) in [6.45, 7) is 3.79. The van der Waals surface area contributed by atoms with Gasteiger partial charge >= 0.3 is 0 Å². The van der Waals surface area contributed by atoms with E-state index >= 15 is 0 Å². The zero-order valence-electron chi connectivity index (χ0n) is 18.4. The minimum atomic E-state index is -0.0704. The number of hydrogen-bond acceptors (Lipinski definition) is 4. The van der Waals surface area contributed by atoms with Crippen LogP contribution in [0.15, 0.2) is 54.6 Å². The molecule has 4 rings (SSSR count). The lowest BCUT2D eigenvalue weighted by molar-refractivity contribution is -0.126. The Morgan fingerprint density at radius 1 is 1.10 bits per heavy atom. The van der Waals surface area contributed by atoms with Crippen molar-refractivity contribution in [3.05, 3.63) is 65.7 Å². The number of nitrogens with zero attached hydrogens (tertiary/aromatic N) is 1. The summed E-state index contributed by atoms with van der Waals surface area (Å²) in [6.07, 6.45) is 5.08. The van der Waals surface area contributed by atoms with Crippen molar-refractivity contribution in [2.75, 3.05) is 33.4 Å². The van der Waals surface area contributed by atoms with Gasteiger partial charge in [0.15, 0.2) is 0 Å². The molecule has 1 atom stereocenters. The molecule has 31 heavy (non-hydrogen) atoms. The molecule has 2 fully saturated rings. The first-order valence-electron chi connectivity index (χ1n) is 11.4. The summed E-state index contributed by atoms with van der Waals surface area (Å²) in [6, 6.07) is 17.7. The van der Waals surface area contributed by atoms with Crippen molar-refractivity contribution in [2.24, 2.45) is 5.92 Å². The number of carbonyl (C=O) groups excluding carboxylic acids is 1. The van der Waals surface area contributed by atoms with Crippen LogP contribution in [0.1, 0.15) is 48.0 Å². The number of carbonyl (C=O) groups is 1. The van der Waals surface area contributed by atoms with E-state index in [0.29, 0.717) is 12.5 Å². The van der Waals surface area contributed by atoms with Gasteiger partial charge in [0, 0.05) is 31.9 Å². The number of likely N-dealkylation sites (tertiary alicyclic amines) is 1. The summed E-state index contributed by atoms with van der Waals surface area (Å²) in [7, 11) is 1.63. The van der Waals surface area contributed by atoms with E-state index in [1.54, 1.807) is 7.11 Å². The van der Waals surface area contributed by atoms with Crippen molar-refractivity contribution in [1.29, 1.82) is 0 Å². The number of piperidine rings is 1. The van der Waals surface area contributed by atoms with E-state index in [0.717, 1.165) is 69.7 Å². The molecule has 0 saturated carbocycles. The molecule has 2 aliphatic heterocycles. The van der Waals surface area contributed by atoms with Gasteiger partial charge in [-0.25, -0.2) is 0 Å². The van der Waals surface area contributed by atoms with Gasteiger partial charge in [0.25, 0.3) is 5.91 Å². The second-order valence-electron chi connectivity index (χ2n) is 8.74. The minimum Gasteiger partial charge on any atom is -0.497 e. The molecule has 1 unspecified atom stereocenters. The quantitative estimate of drug-likeness (QED) is 0.606. The fourth-order valence-corrected chi connectivity index (χ4v) is 4.77. The highest BCUT2D eigenvalue weighted by molar-refractivity contribution is 5.94. The number of amides is 1. The molecular weight excluding hydrogens is 390 g/mol. The average Bonchev–Trinajstić information content (AvgIpc) is 2.83. The number of ether oxygens (including phenoxy) is 3. The average molecular weight is 424 g/mol. The van der Waals surface area contributed by atoms with E-state index in [9.17, 15) is 4.79 Å². The van der Waals surface area contributed by atoms with Crippen LogP contribution >= 0.6 is 0 Å². The van der Waals surface area contributed by atoms with Gasteiger partial charge in [0.2, 0.25) is 0 Å². The van der Waals surface area contributed by atoms with Gasteiger partial charge in [-0.1, -0.05) is 30.3 Å². The van der Waals surface area contributed by atoms with E-state index in [1.807, 2.05) is 47.4 Å². The summed E-state index contributed by atoms with van der Waals surface area (Å²) in [5, 5.41) is 0. The van der Waals surface area contributed by atoms with Crippen molar-refractivity contribution in [3.8, 4) is 5.75 Å². The molecule has 2 aromatic carbocycles. The summed E-state index contributed by atoms with van der Waals surface area (Å²) in [4.78, 5) is 14.8. The van der Waals surface area contributed by atoms with Crippen LogP contribution in [0.4, 0.5) is 0 Å². The maximum absolute atomic E-state index is 12.9. The lowest BCUT2D eigenvalue weighted by atomic mass is 9.78. The number of rotatable bonds is 7. The van der Waals surface area contributed by atoms with E-state index < -0.39 is 0 Å². The third-order valence-electron chi connectivity index (χ3n) is 6.68. The third kappa shape index (κ3) is 5.66. The monoisotopic (exact) mass is 423 g/mol. The second-order valence-corrected chi connectivity index (χ2v) is 8.74. The van der Waals surface area contributed by atoms with Crippen molar-refractivity contribution >= 4 is 5.91 Å². The number of methoxy groups -OCH3 is 1. The summed E-state index contributed by atoms with van der Waals surface area (Å²) >= 11 is 0. The first-order chi connectivity index (χ1) is 15.2. The molecule has 166 valence electrons. The molecule has 2 aliphatic rings. The second kappa shape index (κ2) is 10.3. The van der Waals surface area contributed by atoms with E-state index in [4.69, 9.17) is 14.2 Å². The predicted molar refractivity (Wildman–Crippen MR) is 120 cm³/mol. The van der Waals surface area contributed by atoms with Crippen LogP contribution in [0.2, 0.25) is 0 Å². The Balaban J connectivity index is 1.23. The Kier molecular flexibility index (Phi) is 7.25. The van der Waals surface area contributed by atoms with Gasteiger partial charge < -0.3 is 19.1 Å². The first kappa shape index (κ1) is 21.8. The third-order valence-corrected chi connectivity index (χ3v) is 6.68. The lowest BCUT2D eigenvalue weighted by Gasteiger charge is -2.46. The highest BCUT2D eigenvalue weighted by Crippen LogP contribution is 2.39. The van der Waals surface area contributed by atoms with E-state index in [1.165, 1.54) is 5.56 Å². The molecule has 5 nitrogen and oxygen atoms in total. The van der Waals surface area contributed by atoms with Gasteiger partial charge in [-0.2, -0.15) is 0 Å². The van der Waals surface area contributed by atoms with Crippen molar-refractivity contribution in [1.82, 2.24) is 4.90 Å². The molecule has 0 N–H and O–H groups in total. The van der Waals surface area contributed by atoms with Gasteiger partial charge in [0.1, 0.15) is 5.75 Å². The van der Waals surface area contributed by atoms with Crippen molar-refractivity contribution in [3.63, 3.8) is 0 Å². The number of benzene rings is 2. The zero-order valence-corrected chi connectivity index (χ0v) is 18.4. The van der Waals surface area contributed by atoms with Gasteiger partial charge in [-0.15, -0.1) is 0 Å². The molecule has 1 spiro atoms. The smallest absolute Gasteiger partial charge is 0.253 e. The highest BCUT2D eigenvalue weighted by Gasteiger charge is 2.41. The highest BCUT2D eigenvalue weighted by atomic mass is 16.5. The summed E-state index contributed by atoms with van der Waals surface area (Å²) in [5.74, 6) is 1.50. The Morgan fingerprint density at radius 3 is 2.55 bits per heavy atom. The van der Waals surface area contributed by atoms with Crippen molar-refractivity contribution in [2.45, 2.75) is 44.3 Å². The Labute approximate surface area is 185 Å². The van der Waals surface area contributed by atoms with Crippen LogP contribution in [0, 0.1) is 5.92 Å². The molecule has 0 radical (unpaired) electrons. The summed E-state index contributed by atoms with van der Waals surface area (Å²) in [5.41, 5.74) is 1.87. The van der Waals surface area contributed by atoms with Crippen LogP contribution in [0.5, 0.6) is 5.75 Å². The molecule has 2 saturated heterocycles. The van der Waals surface area contributed by atoms with E-state index in [2.05, 4.69) is 12.1 Å². The fraction of sp³-hybridized carbons (Fsp3) is 0.500. The van der Waals surface area contributed by atoms with E-state index in [-0.39, 0.29) is 11.5 Å². The Hall–Kier alpha value is -2.37. The lowest BCUT2D eigenvalue weighted by Crippen LogP contribution is -2.50. The maximum Gasteiger partial charge on any atom is 0.253 e. The predicted octanol–water partition coefficient (Wildman–Crippen LogP) is 4.70. The molecule has 1 amide bonds. The van der Waals surface area contributed by atoms with Crippen LogP contribution in [0.3, 0.4) is 0 Å². The zero-order chi connectivity index (χ0) is 21.5. The standard InChI is InChI=1S/C26H33NO4/c1-29-24-9-7-23(8-10-24)25(28)27-15-13-26(14-16-27)19-21(12-18-31-26)11-17-30-20-22-5-3-2-4-6-22/h2-10,21H,11-20H2,1H3. The topological polar surface area (TPSA) is 48.0 Å². The minimum absolute atomic E-state index is 0.0704. The molecular formula is C26H33NO4. The molecule has 0 aliphatic carbocycles. The fourth-order valence-electron chi connectivity index (χ4n) is 4.77. The van der Waals surface area contributed by atoms with Gasteiger partial charge in [-0.3, -0.25) is 4.79 Å². The molecule has 2 heterocycles. The van der Waals surface area contributed by atoms with Crippen LogP contribution < -0.4 is 4.74 Å². The largest absolute Gasteiger partial charge is 0.497 e. The SMILES string of the molecule is COc1ccc(C(=O)N2CCC3(CC2)CC(CCOCc2ccccc2)CCO3)cc1. The normalized spacial score (nSPS) is 20.5. The number of hydrogen-bond donors (Lipinski definition) is 0. The Bertz CT molecular complexity index is 828. The van der Waals surface area contributed by atoms with Crippen LogP contribution in [-0.4, -0.2) is 49.8 Å². The van der Waals surface area contributed by atoms with Gasteiger partial charge in [0.05, 0.1) is 19.3 Å². The summed E-state index contributed by atoms with van der Waals surface area (Å²) < 4.78 is 17.4.